The van der Waals surface area contributed by atoms with Crippen LogP contribution in [0.4, 0.5) is 0 Å². The van der Waals surface area contributed by atoms with Crippen LogP contribution in [-0.4, -0.2) is 6.61 Å². The highest BCUT2D eigenvalue weighted by Gasteiger charge is 2.07. The molecule has 1 atom stereocenters. The van der Waals surface area contributed by atoms with Crippen molar-refractivity contribution in [2.75, 3.05) is 6.61 Å². The third-order valence-corrected chi connectivity index (χ3v) is 3.47. The van der Waals surface area contributed by atoms with Crippen LogP contribution in [0.1, 0.15) is 44.6 Å². The van der Waals surface area contributed by atoms with Gasteiger partial charge in [-0.05, 0) is 49.1 Å². The minimum atomic E-state index is 0.210. The van der Waals surface area contributed by atoms with Crippen molar-refractivity contribution in [2.45, 2.75) is 39.8 Å². The number of hydrogen-bond donors (Lipinski definition) is 1. The van der Waals surface area contributed by atoms with Crippen LogP contribution in [0.25, 0.3) is 0 Å². The first-order chi connectivity index (χ1) is 10.1. The summed E-state index contributed by atoms with van der Waals surface area (Å²) in [6.07, 6.45) is 2.79. The maximum atomic E-state index is 5.72. The molecule has 0 aliphatic heterocycles. The standard InChI is InChI=1S/C18H25NO2/c1-14(2)10-12-20-17-8-6-16(7-9-17)13-19-15(3)18-5-4-11-21-18/h4-9,11,14-15,19H,10,12-13H2,1-3H3. The summed E-state index contributed by atoms with van der Waals surface area (Å²) in [6, 6.07) is 12.4. The van der Waals surface area contributed by atoms with Crippen molar-refractivity contribution in [3.8, 4) is 5.75 Å². The zero-order chi connectivity index (χ0) is 15.1. The van der Waals surface area contributed by atoms with Crippen LogP contribution in [0.3, 0.4) is 0 Å². The van der Waals surface area contributed by atoms with Gasteiger partial charge in [-0.1, -0.05) is 26.0 Å². The maximum absolute atomic E-state index is 5.72. The minimum absolute atomic E-state index is 0.210. The van der Waals surface area contributed by atoms with Crippen LogP contribution in [0, 0.1) is 5.92 Å². The average molecular weight is 287 g/mol. The number of nitrogens with one attached hydrogen (secondary N) is 1. The molecule has 3 heteroatoms. The van der Waals surface area contributed by atoms with Crippen molar-refractivity contribution >= 4 is 0 Å². The summed E-state index contributed by atoms with van der Waals surface area (Å²) in [4.78, 5) is 0. The van der Waals surface area contributed by atoms with Crippen molar-refractivity contribution in [1.29, 1.82) is 0 Å². The molecule has 0 bridgehead atoms. The molecule has 0 amide bonds. The molecule has 2 aromatic rings. The van der Waals surface area contributed by atoms with Gasteiger partial charge in [0.15, 0.2) is 0 Å². The molecule has 0 saturated heterocycles. The quantitative estimate of drug-likeness (QED) is 0.773. The van der Waals surface area contributed by atoms with Gasteiger partial charge < -0.3 is 14.5 Å². The fourth-order valence-corrected chi connectivity index (χ4v) is 2.03. The van der Waals surface area contributed by atoms with Gasteiger partial charge in [-0.2, -0.15) is 0 Å². The Hall–Kier alpha value is -1.74. The summed E-state index contributed by atoms with van der Waals surface area (Å²) in [5.41, 5.74) is 1.24. The van der Waals surface area contributed by atoms with Gasteiger partial charge in [0.25, 0.3) is 0 Å². The summed E-state index contributed by atoms with van der Waals surface area (Å²) in [5, 5.41) is 3.44. The van der Waals surface area contributed by atoms with Gasteiger partial charge in [0.05, 0.1) is 18.9 Å². The molecule has 1 unspecified atom stereocenters. The Labute approximate surface area is 127 Å². The molecular formula is C18H25NO2. The van der Waals surface area contributed by atoms with E-state index in [4.69, 9.17) is 9.15 Å². The van der Waals surface area contributed by atoms with E-state index >= 15 is 0 Å². The van der Waals surface area contributed by atoms with E-state index in [1.54, 1.807) is 6.26 Å². The molecule has 0 aliphatic carbocycles. The molecule has 1 N–H and O–H groups in total. The van der Waals surface area contributed by atoms with E-state index in [1.807, 2.05) is 24.3 Å². The van der Waals surface area contributed by atoms with Gasteiger partial charge in [0.2, 0.25) is 0 Å². The van der Waals surface area contributed by atoms with E-state index in [0.29, 0.717) is 5.92 Å². The second-order valence-electron chi connectivity index (χ2n) is 5.79. The van der Waals surface area contributed by atoms with Gasteiger partial charge in [0, 0.05) is 6.54 Å². The van der Waals surface area contributed by atoms with E-state index in [0.717, 1.165) is 31.1 Å². The van der Waals surface area contributed by atoms with Crippen LogP contribution in [0.15, 0.2) is 47.1 Å². The number of hydrogen-bond acceptors (Lipinski definition) is 3. The third kappa shape index (κ3) is 5.27. The Bertz CT molecular complexity index is 503. The SMILES string of the molecule is CC(C)CCOc1ccc(CNC(C)c2ccco2)cc1. The van der Waals surface area contributed by atoms with Crippen molar-refractivity contribution in [1.82, 2.24) is 5.32 Å². The molecular weight excluding hydrogens is 262 g/mol. The van der Waals surface area contributed by atoms with Crippen LogP contribution >= 0.6 is 0 Å². The summed E-state index contributed by atoms with van der Waals surface area (Å²) in [5.74, 6) is 2.58. The molecule has 0 spiro atoms. The Balaban J connectivity index is 1.77. The van der Waals surface area contributed by atoms with Gasteiger partial charge in [-0.3, -0.25) is 0 Å². The molecule has 2 rings (SSSR count). The van der Waals surface area contributed by atoms with Gasteiger partial charge in [-0.15, -0.1) is 0 Å². The maximum Gasteiger partial charge on any atom is 0.120 e. The Morgan fingerprint density at radius 2 is 1.86 bits per heavy atom. The number of rotatable bonds is 8. The summed E-state index contributed by atoms with van der Waals surface area (Å²) in [7, 11) is 0. The highest BCUT2D eigenvalue weighted by atomic mass is 16.5. The Morgan fingerprint density at radius 3 is 2.48 bits per heavy atom. The fraction of sp³-hybridized carbons (Fsp3) is 0.444. The molecule has 0 aliphatic rings. The number of benzene rings is 1. The van der Waals surface area contributed by atoms with Crippen LogP contribution in [-0.2, 0) is 6.54 Å². The highest BCUT2D eigenvalue weighted by Crippen LogP contribution is 2.16. The lowest BCUT2D eigenvalue weighted by molar-refractivity contribution is 0.289. The lowest BCUT2D eigenvalue weighted by atomic mass is 10.1. The summed E-state index contributed by atoms with van der Waals surface area (Å²) >= 11 is 0. The minimum Gasteiger partial charge on any atom is -0.494 e. The second kappa shape index (κ2) is 7.89. The Kier molecular flexibility index (Phi) is 5.88. The van der Waals surface area contributed by atoms with Gasteiger partial charge in [-0.25, -0.2) is 0 Å². The van der Waals surface area contributed by atoms with Crippen molar-refractivity contribution in [3.05, 3.63) is 54.0 Å². The van der Waals surface area contributed by atoms with E-state index < -0.39 is 0 Å². The van der Waals surface area contributed by atoms with E-state index in [-0.39, 0.29) is 6.04 Å². The first kappa shape index (κ1) is 15.6. The van der Waals surface area contributed by atoms with Crippen LogP contribution < -0.4 is 10.1 Å². The molecule has 0 radical (unpaired) electrons. The summed E-state index contributed by atoms with van der Waals surface area (Å²) in [6.45, 7) is 8.11. The Morgan fingerprint density at radius 1 is 1.10 bits per heavy atom. The molecule has 21 heavy (non-hydrogen) atoms. The second-order valence-corrected chi connectivity index (χ2v) is 5.79. The zero-order valence-corrected chi connectivity index (χ0v) is 13.1. The van der Waals surface area contributed by atoms with Crippen molar-refractivity contribution in [2.24, 2.45) is 5.92 Å². The monoisotopic (exact) mass is 287 g/mol. The predicted molar refractivity (Wildman–Crippen MR) is 85.4 cm³/mol. The lowest BCUT2D eigenvalue weighted by Gasteiger charge is -2.12. The lowest BCUT2D eigenvalue weighted by Crippen LogP contribution is -2.17. The van der Waals surface area contributed by atoms with Crippen molar-refractivity contribution in [3.63, 3.8) is 0 Å². The van der Waals surface area contributed by atoms with E-state index in [2.05, 4.69) is 38.2 Å². The first-order valence-electron chi connectivity index (χ1n) is 7.63. The van der Waals surface area contributed by atoms with Gasteiger partial charge >= 0.3 is 0 Å². The topological polar surface area (TPSA) is 34.4 Å². The molecule has 1 aromatic heterocycles. The number of ether oxygens (including phenoxy) is 1. The molecule has 1 heterocycles. The molecule has 114 valence electrons. The number of furan rings is 1. The molecule has 3 nitrogen and oxygen atoms in total. The highest BCUT2D eigenvalue weighted by molar-refractivity contribution is 5.27. The van der Waals surface area contributed by atoms with E-state index in [1.165, 1.54) is 5.56 Å². The van der Waals surface area contributed by atoms with Crippen molar-refractivity contribution < 1.29 is 9.15 Å². The van der Waals surface area contributed by atoms with Gasteiger partial charge in [0.1, 0.15) is 11.5 Å². The fourth-order valence-electron chi connectivity index (χ4n) is 2.03. The first-order valence-corrected chi connectivity index (χ1v) is 7.63. The normalized spacial score (nSPS) is 12.6. The third-order valence-electron chi connectivity index (χ3n) is 3.47. The predicted octanol–water partition coefficient (Wildman–Crippen LogP) is 4.56. The zero-order valence-electron chi connectivity index (χ0n) is 13.1. The summed E-state index contributed by atoms with van der Waals surface area (Å²) < 4.78 is 11.1. The largest absolute Gasteiger partial charge is 0.494 e. The van der Waals surface area contributed by atoms with E-state index in [9.17, 15) is 0 Å². The molecule has 0 fully saturated rings. The molecule has 0 saturated carbocycles. The average Bonchev–Trinajstić information content (AvgIpc) is 3.00. The van der Waals surface area contributed by atoms with Crippen LogP contribution in [0.2, 0.25) is 0 Å². The molecule has 1 aromatic carbocycles. The smallest absolute Gasteiger partial charge is 0.120 e. The van der Waals surface area contributed by atoms with Crippen LogP contribution in [0.5, 0.6) is 5.75 Å².